The average molecular weight is 265 g/mol. The standard InChI is InChI=1S/C14H14ClFN2/c15-11-3-6-14(13(17)9-11)18-8-7-10-1-4-12(16)5-2-10/h1-6,9,18H,7-8,17H2. The second-order valence-corrected chi connectivity index (χ2v) is 4.47. The molecule has 2 rings (SSSR count). The van der Waals surface area contributed by atoms with Crippen molar-refractivity contribution in [2.45, 2.75) is 6.42 Å². The molecule has 4 heteroatoms. The molecule has 0 atom stereocenters. The van der Waals surface area contributed by atoms with E-state index in [4.69, 9.17) is 17.3 Å². The van der Waals surface area contributed by atoms with E-state index in [2.05, 4.69) is 5.32 Å². The molecule has 0 amide bonds. The van der Waals surface area contributed by atoms with E-state index in [1.54, 1.807) is 24.3 Å². The summed E-state index contributed by atoms with van der Waals surface area (Å²) in [5.74, 6) is -0.214. The van der Waals surface area contributed by atoms with Gasteiger partial charge in [0.25, 0.3) is 0 Å². The lowest BCUT2D eigenvalue weighted by atomic mass is 10.1. The predicted octanol–water partition coefficient (Wildman–Crippen LogP) is 3.72. The Hall–Kier alpha value is -1.74. The smallest absolute Gasteiger partial charge is 0.123 e. The van der Waals surface area contributed by atoms with Gasteiger partial charge >= 0.3 is 0 Å². The maximum atomic E-state index is 12.7. The van der Waals surface area contributed by atoms with Crippen molar-refractivity contribution in [3.63, 3.8) is 0 Å². The van der Waals surface area contributed by atoms with Crippen molar-refractivity contribution in [2.75, 3.05) is 17.6 Å². The molecule has 3 N–H and O–H groups in total. The van der Waals surface area contributed by atoms with Crippen molar-refractivity contribution in [1.82, 2.24) is 0 Å². The third-order valence-electron chi connectivity index (χ3n) is 2.66. The highest BCUT2D eigenvalue weighted by Gasteiger charge is 1.99. The highest BCUT2D eigenvalue weighted by atomic mass is 35.5. The van der Waals surface area contributed by atoms with Gasteiger partial charge in [-0.25, -0.2) is 4.39 Å². The number of halogens is 2. The topological polar surface area (TPSA) is 38.0 Å². The first-order valence-corrected chi connectivity index (χ1v) is 6.06. The first kappa shape index (κ1) is 12.7. The molecule has 0 unspecified atom stereocenters. The van der Waals surface area contributed by atoms with Gasteiger partial charge in [0.1, 0.15) is 5.82 Å². The van der Waals surface area contributed by atoms with Crippen LogP contribution < -0.4 is 11.1 Å². The summed E-state index contributed by atoms with van der Waals surface area (Å²) >= 11 is 5.82. The van der Waals surface area contributed by atoms with E-state index >= 15 is 0 Å². The molecular weight excluding hydrogens is 251 g/mol. The fourth-order valence-electron chi connectivity index (χ4n) is 1.69. The Morgan fingerprint density at radius 3 is 2.50 bits per heavy atom. The van der Waals surface area contributed by atoms with Crippen molar-refractivity contribution in [3.05, 3.63) is 58.9 Å². The maximum Gasteiger partial charge on any atom is 0.123 e. The minimum Gasteiger partial charge on any atom is -0.397 e. The van der Waals surface area contributed by atoms with Crippen molar-refractivity contribution in [1.29, 1.82) is 0 Å². The zero-order chi connectivity index (χ0) is 13.0. The Morgan fingerprint density at radius 1 is 1.11 bits per heavy atom. The largest absolute Gasteiger partial charge is 0.397 e. The molecular formula is C14H14ClFN2. The van der Waals surface area contributed by atoms with E-state index in [1.807, 2.05) is 6.07 Å². The Labute approximate surface area is 111 Å². The van der Waals surface area contributed by atoms with Gasteiger partial charge in [0, 0.05) is 11.6 Å². The summed E-state index contributed by atoms with van der Waals surface area (Å²) in [4.78, 5) is 0. The first-order chi connectivity index (χ1) is 8.65. The lowest BCUT2D eigenvalue weighted by molar-refractivity contribution is 0.627. The Bertz CT molecular complexity index is 526. The monoisotopic (exact) mass is 264 g/mol. The second-order valence-electron chi connectivity index (χ2n) is 4.03. The first-order valence-electron chi connectivity index (χ1n) is 5.68. The number of nitrogens with two attached hydrogens (primary N) is 1. The Morgan fingerprint density at radius 2 is 1.83 bits per heavy atom. The van der Waals surface area contributed by atoms with Crippen molar-refractivity contribution in [2.24, 2.45) is 0 Å². The summed E-state index contributed by atoms with van der Waals surface area (Å²) in [6, 6.07) is 11.8. The van der Waals surface area contributed by atoms with Crippen LogP contribution in [0.5, 0.6) is 0 Å². The molecule has 0 saturated carbocycles. The van der Waals surface area contributed by atoms with Crippen LogP contribution in [0.1, 0.15) is 5.56 Å². The van der Waals surface area contributed by atoms with Gasteiger partial charge < -0.3 is 11.1 Å². The summed E-state index contributed by atoms with van der Waals surface area (Å²) in [7, 11) is 0. The van der Waals surface area contributed by atoms with Crippen LogP contribution in [-0.4, -0.2) is 6.54 Å². The number of hydrogen-bond donors (Lipinski definition) is 2. The van der Waals surface area contributed by atoms with Crippen LogP contribution in [0.2, 0.25) is 5.02 Å². The van der Waals surface area contributed by atoms with Crippen LogP contribution >= 0.6 is 11.6 Å². The quantitative estimate of drug-likeness (QED) is 0.826. The zero-order valence-corrected chi connectivity index (χ0v) is 10.5. The summed E-state index contributed by atoms with van der Waals surface area (Å²) in [5, 5.41) is 3.85. The van der Waals surface area contributed by atoms with Gasteiger partial charge in [-0.2, -0.15) is 0 Å². The molecule has 0 aromatic heterocycles. The average Bonchev–Trinajstić information content (AvgIpc) is 2.34. The van der Waals surface area contributed by atoms with Crippen LogP contribution in [0.3, 0.4) is 0 Å². The van der Waals surface area contributed by atoms with Crippen molar-refractivity contribution in [3.8, 4) is 0 Å². The molecule has 0 fully saturated rings. The fraction of sp³-hybridized carbons (Fsp3) is 0.143. The molecule has 18 heavy (non-hydrogen) atoms. The van der Waals surface area contributed by atoms with Crippen LogP contribution in [0.4, 0.5) is 15.8 Å². The number of nitrogen functional groups attached to an aromatic ring is 1. The van der Waals surface area contributed by atoms with Crippen molar-refractivity contribution < 1.29 is 4.39 Å². The molecule has 0 aliphatic carbocycles. The maximum absolute atomic E-state index is 12.7. The molecule has 0 aliphatic heterocycles. The molecule has 0 radical (unpaired) electrons. The molecule has 0 bridgehead atoms. The number of anilines is 2. The zero-order valence-electron chi connectivity index (χ0n) is 9.79. The number of benzene rings is 2. The molecule has 0 heterocycles. The normalized spacial score (nSPS) is 10.3. The highest BCUT2D eigenvalue weighted by molar-refractivity contribution is 6.31. The molecule has 2 aromatic carbocycles. The summed E-state index contributed by atoms with van der Waals surface area (Å²) < 4.78 is 12.7. The summed E-state index contributed by atoms with van der Waals surface area (Å²) in [5.41, 5.74) is 8.39. The van der Waals surface area contributed by atoms with Gasteiger partial charge in [0.2, 0.25) is 0 Å². The van der Waals surface area contributed by atoms with Crippen molar-refractivity contribution >= 4 is 23.0 Å². The van der Waals surface area contributed by atoms with Gasteiger partial charge in [0.05, 0.1) is 11.4 Å². The fourth-order valence-corrected chi connectivity index (χ4v) is 1.87. The minimum atomic E-state index is -0.214. The van der Waals surface area contributed by atoms with Gasteiger partial charge in [-0.1, -0.05) is 23.7 Å². The summed E-state index contributed by atoms with van der Waals surface area (Å²) in [6.45, 7) is 0.734. The third kappa shape index (κ3) is 3.37. The van der Waals surface area contributed by atoms with Crippen LogP contribution in [0, 0.1) is 5.82 Å². The predicted molar refractivity (Wildman–Crippen MR) is 74.5 cm³/mol. The lowest BCUT2D eigenvalue weighted by Crippen LogP contribution is -2.06. The van der Waals surface area contributed by atoms with Gasteiger partial charge in [0.15, 0.2) is 0 Å². The third-order valence-corrected chi connectivity index (χ3v) is 2.89. The number of hydrogen-bond acceptors (Lipinski definition) is 2. The molecule has 94 valence electrons. The van der Waals surface area contributed by atoms with Crippen LogP contribution in [0.25, 0.3) is 0 Å². The molecule has 2 aromatic rings. The number of rotatable bonds is 4. The van der Waals surface area contributed by atoms with Crippen LogP contribution in [-0.2, 0) is 6.42 Å². The van der Waals surface area contributed by atoms with Gasteiger partial charge in [-0.05, 0) is 42.3 Å². The molecule has 0 aliphatic rings. The van der Waals surface area contributed by atoms with E-state index in [-0.39, 0.29) is 5.82 Å². The Balaban J connectivity index is 1.90. The Kier molecular flexibility index (Phi) is 4.05. The molecule has 0 spiro atoms. The van der Waals surface area contributed by atoms with Crippen LogP contribution in [0.15, 0.2) is 42.5 Å². The molecule has 2 nitrogen and oxygen atoms in total. The van der Waals surface area contributed by atoms with E-state index in [1.165, 1.54) is 12.1 Å². The molecule has 0 saturated heterocycles. The SMILES string of the molecule is Nc1cc(Cl)ccc1NCCc1ccc(F)cc1. The number of nitrogens with one attached hydrogen (secondary N) is 1. The van der Waals surface area contributed by atoms with E-state index < -0.39 is 0 Å². The van der Waals surface area contributed by atoms with E-state index in [0.29, 0.717) is 10.7 Å². The van der Waals surface area contributed by atoms with E-state index in [0.717, 1.165) is 24.2 Å². The van der Waals surface area contributed by atoms with Gasteiger partial charge in [-0.3, -0.25) is 0 Å². The lowest BCUT2D eigenvalue weighted by Gasteiger charge is -2.09. The van der Waals surface area contributed by atoms with E-state index in [9.17, 15) is 4.39 Å². The highest BCUT2D eigenvalue weighted by Crippen LogP contribution is 2.22. The second kappa shape index (κ2) is 5.74. The minimum absolute atomic E-state index is 0.214. The van der Waals surface area contributed by atoms with Gasteiger partial charge in [-0.15, -0.1) is 0 Å². The summed E-state index contributed by atoms with van der Waals surface area (Å²) in [6.07, 6.45) is 0.808.